The highest BCUT2D eigenvalue weighted by atomic mass is 32.2. The molecule has 32 heteroatoms. The minimum atomic E-state index is -4.29. The topological polar surface area (TPSA) is 395 Å². The highest BCUT2D eigenvalue weighted by Crippen LogP contribution is 2.35. The zero-order valence-electron chi connectivity index (χ0n) is 81.1. The molecule has 8 N–H and O–H groups in total. The first-order valence-electron chi connectivity index (χ1n) is 45.7. The number of amides is 8. The normalized spacial score (nSPS) is 18.1. The van der Waals surface area contributed by atoms with Gasteiger partial charge in [0, 0.05) is 106 Å². The molecule has 2 fully saturated rings. The summed E-state index contributed by atoms with van der Waals surface area (Å²) in [7, 11) is 8.57. The molecule has 6 rings (SSSR count). The summed E-state index contributed by atoms with van der Waals surface area (Å²) in [6.45, 7) is 28.6. The van der Waals surface area contributed by atoms with Crippen LogP contribution in [0.15, 0.2) is 114 Å². The molecule has 4 aromatic rings. The molecule has 0 bridgehead atoms. The molecule has 2 aliphatic heterocycles. The number of nitrogens with one attached hydrogen (secondary N) is 4. The van der Waals surface area contributed by atoms with Crippen molar-refractivity contribution in [2.24, 2.45) is 70.6 Å². The van der Waals surface area contributed by atoms with Gasteiger partial charge in [0.15, 0.2) is 11.6 Å². The number of methoxy groups -OCH3 is 4. The number of hydrogen-bond donors (Lipinski definition) is 6. The number of ketones is 2. The first kappa shape index (κ1) is 111. The number of benzene rings is 4. The van der Waals surface area contributed by atoms with Crippen LogP contribution >= 0.6 is 0 Å². The van der Waals surface area contributed by atoms with Crippen LogP contribution in [0.1, 0.15) is 189 Å². The van der Waals surface area contributed by atoms with Gasteiger partial charge in [0.05, 0.1) is 96.0 Å². The predicted molar refractivity (Wildman–Crippen MR) is 502 cm³/mol. The molecule has 0 saturated carbocycles. The van der Waals surface area contributed by atoms with Crippen molar-refractivity contribution in [1.29, 1.82) is 0 Å². The standard InChI is InChI=1S/C49H78N6O9S.C48H76N6O9S/c1-13-33(6)45(54(10)49(60)38(31(2)3)27-41(56)44(32(4)5)53(8)9)42(63-11)28-43(57)55-25-17-20-40(55)46(64-12)34(7)47(58)51-39(26-35-18-15-14-16-19-35)48(59)52-65(61,62)30-37-23-21-36(29-50)22-24-37;1-13-32(6)44(53(10)48(59)37(30(2)3)27-40(55)43(31(4)5)52(8)9)41(62-11)28-42(56)54-25-17-20-39(54)45(63-12)33(7)46(57)50-38(26-34-18-15-14-16-19-34)47(58)51-64(60,61)36-23-21-35(29-49)22-24-36/h14-16,18-19,21-24,31-34,38-40,42,44-46H,13,17,20,25-30,50H2,1-12H3,(H,51,58)(H,52,59);14-16,18-19,21-24,30-33,37-39,41,43-45H,13,17,20,25-29,49H2,1-12H3,(H,50,57)(H,51,58)/t33-,34+,38-,39?,40-,42+,44-,45-,46+;32-,33+,37-,38?,39-,41+,43-,44-,45+/m00/s1. The molecule has 2 aliphatic rings. The lowest BCUT2D eigenvalue weighted by atomic mass is 9.83. The number of rotatable bonds is 51. The number of ether oxygens (including phenoxy) is 4. The molecule has 18 atom stereocenters. The van der Waals surface area contributed by atoms with Crippen molar-refractivity contribution in [1.82, 2.24) is 49.5 Å². The minimum Gasteiger partial charge on any atom is -0.379 e. The van der Waals surface area contributed by atoms with Gasteiger partial charge in [-0.15, -0.1) is 0 Å². The fourth-order valence-electron chi connectivity index (χ4n) is 18.6. The van der Waals surface area contributed by atoms with Gasteiger partial charge in [-0.05, 0) is 129 Å². The van der Waals surface area contributed by atoms with Crippen LogP contribution < -0.4 is 31.5 Å². The summed E-state index contributed by atoms with van der Waals surface area (Å²) in [6, 6.07) is 25.4. The number of hydrogen-bond acceptors (Lipinski definition) is 22. The van der Waals surface area contributed by atoms with E-state index in [4.69, 9.17) is 30.4 Å². The van der Waals surface area contributed by atoms with Crippen LogP contribution in [0.2, 0.25) is 0 Å². The van der Waals surface area contributed by atoms with Crippen LogP contribution in [0, 0.1) is 59.2 Å². The molecule has 0 spiro atoms. The molecule has 30 nitrogen and oxygen atoms in total. The first-order chi connectivity index (χ1) is 60.7. The van der Waals surface area contributed by atoms with Gasteiger partial charge in [-0.1, -0.05) is 207 Å². The monoisotopic (exact) mass is 1840 g/mol. The number of nitrogens with zero attached hydrogens (tertiary/aromatic N) is 6. The number of Topliss-reactive ketones (excluding diaryl/α,β-unsaturated/α-hetero) is 2. The van der Waals surface area contributed by atoms with E-state index in [2.05, 4.69) is 20.1 Å². The fraction of sp³-hybridized carbons (Fsp3) is 0.649. The Morgan fingerprint density at radius 1 is 0.434 bits per heavy atom. The number of carbonyl (C=O) groups is 10. The average molecular weight is 1840 g/mol. The summed E-state index contributed by atoms with van der Waals surface area (Å²) in [5, 5.41) is 5.59. The SMILES string of the molecule is CC[C@H](C)[C@@H]([C@@H](CC(=O)N1CCC[C@H]1[C@H](OC)[C@@H](C)C(=O)NC(Cc1ccccc1)C(=O)NS(=O)(=O)Cc1ccc(CN)cc1)OC)N(C)C(=O)[C@@H](CC(=O)[C@H](C(C)C)N(C)C)C(C)C.CC[C@H](C)[C@@H]([C@@H](CC(=O)N1CCC[C@H]1[C@H](OC)[C@@H](C)C(=O)NC(Cc1ccccc1)C(=O)NS(=O)(=O)c1ccc(CN)cc1)OC)N(C)C(=O)[C@@H](CC(=O)[C@H](C(C)C)N(C)C)C(C)C. The maximum Gasteiger partial charge on any atom is 0.264 e. The van der Waals surface area contributed by atoms with Gasteiger partial charge in [0.1, 0.15) is 12.1 Å². The van der Waals surface area contributed by atoms with Crippen LogP contribution in [0.25, 0.3) is 0 Å². The van der Waals surface area contributed by atoms with Crippen molar-refractivity contribution in [3.63, 3.8) is 0 Å². The van der Waals surface area contributed by atoms with Crippen LogP contribution in [0.4, 0.5) is 0 Å². The van der Waals surface area contributed by atoms with E-state index in [1.807, 2.05) is 133 Å². The van der Waals surface area contributed by atoms with Crippen molar-refractivity contribution in [3.05, 3.63) is 137 Å². The van der Waals surface area contributed by atoms with Gasteiger partial charge in [-0.2, -0.15) is 0 Å². The zero-order chi connectivity index (χ0) is 96.8. The third kappa shape index (κ3) is 31.6. The van der Waals surface area contributed by atoms with Gasteiger partial charge in [-0.3, -0.25) is 62.5 Å². The van der Waals surface area contributed by atoms with Gasteiger partial charge < -0.3 is 60.6 Å². The Morgan fingerprint density at radius 2 is 0.775 bits per heavy atom. The van der Waals surface area contributed by atoms with E-state index in [1.54, 1.807) is 132 Å². The molecule has 2 unspecified atom stereocenters. The molecule has 2 saturated heterocycles. The molecule has 722 valence electrons. The van der Waals surface area contributed by atoms with Gasteiger partial charge >= 0.3 is 0 Å². The van der Waals surface area contributed by atoms with E-state index >= 15 is 0 Å². The first-order valence-corrected chi connectivity index (χ1v) is 48.9. The number of sulfonamides is 2. The Labute approximate surface area is 769 Å². The van der Waals surface area contributed by atoms with Crippen molar-refractivity contribution in [3.8, 4) is 0 Å². The molecule has 4 aromatic carbocycles. The maximum atomic E-state index is 14.4. The molecule has 0 aromatic heterocycles. The smallest absolute Gasteiger partial charge is 0.264 e. The van der Waals surface area contributed by atoms with Gasteiger partial charge in [-0.25, -0.2) is 21.6 Å². The molecule has 2 heterocycles. The summed E-state index contributed by atoms with van der Waals surface area (Å²) < 4.78 is 81.4. The van der Waals surface area contributed by atoms with Crippen LogP contribution in [0.5, 0.6) is 0 Å². The molecule has 8 amide bonds. The van der Waals surface area contributed by atoms with Crippen LogP contribution in [0.3, 0.4) is 0 Å². The highest BCUT2D eigenvalue weighted by Gasteiger charge is 2.47. The number of likely N-dealkylation sites (tertiary alicyclic amines) is 2. The predicted octanol–water partition coefficient (Wildman–Crippen LogP) is 8.97. The third-order valence-electron chi connectivity index (χ3n) is 26.0. The summed E-state index contributed by atoms with van der Waals surface area (Å²) >= 11 is 0. The Balaban J connectivity index is 0.000000457. The van der Waals surface area contributed by atoms with E-state index in [0.717, 1.165) is 11.1 Å². The van der Waals surface area contributed by atoms with Crippen molar-refractivity contribution >= 4 is 78.9 Å². The van der Waals surface area contributed by atoms with E-state index in [-0.39, 0.29) is 133 Å². The molecule has 0 aliphatic carbocycles. The van der Waals surface area contributed by atoms with E-state index < -0.39 is 134 Å². The second-order valence-corrected chi connectivity index (χ2v) is 40.5. The van der Waals surface area contributed by atoms with E-state index in [0.29, 0.717) is 74.8 Å². The zero-order valence-corrected chi connectivity index (χ0v) is 82.8. The molecular formula is C97H154N12O18S2. The minimum absolute atomic E-state index is 0.00787. The largest absolute Gasteiger partial charge is 0.379 e. The summed E-state index contributed by atoms with van der Waals surface area (Å²) in [5.74, 6) is -7.12. The maximum absolute atomic E-state index is 14.4. The van der Waals surface area contributed by atoms with Gasteiger partial charge in [0.2, 0.25) is 45.5 Å². The van der Waals surface area contributed by atoms with Crippen LogP contribution in [-0.4, -0.2) is 262 Å². The Morgan fingerprint density at radius 3 is 1.09 bits per heavy atom. The average Bonchev–Trinajstić information content (AvgIpc) is 1.79. The lowest BCUT2D eigenvalue weighted by Crippen LogP contribution is -2.55. The third-order valence-corrected chi connectivity index (χ3v) is 28.6. The number of nitrogens with two attached hydrogens (primary N) is 2. The van der Waals surface area contributed by atoms with E-state index in [1.165, 1.54) is 40.6 Å². The Kier molecular flexibility index (Phi) is 45.4. The Bertz CT molecular complexity index is 4450. The highest BCUT2D eigenvalue weighted by molar-refractivity contribution is 7.90. The second-order valence-electron chi connectivity index (χ2n) is 37.1. The van der Waals surface area contributed by atoms with E-state index in [9.17, 15) is 64.8 Å². The van der Waals surface area contributed by atoms with Gasteiger partial charge in [0.25, 0.3) is 21.8 Å². The lowest BCUT2D eigenvalue weighted by Gasteiger charge is -2.41. The molecule has 0 radical (unpaired) electrons. The summed E-state index contributed by atoms with van der Waals surface area (Å²) in [6.07, 6.45) is 1.08. The second kappa shape index (κ2) is 52.7. The Hall–Kier alpha value is -8.44. The van der Waals surface area contributed by atoms with Crippen molar-refractivity contribution < 1.29 is 83.7 Å². The fourth-order valence-corrected chi connectivity index (χ4v) is 20.8. The van der Waals surface area contributed by atoms with Crippen LogP contribution in [-0.2, 0) is 119 Å². The quantitative estimate of drug-likeness (QED) is 0.0240. The molecule has 129 heavy (non-hydrogen) atoms. The lowest BCUT2D eigenvalue weighted by molar-refractivity contribution is -0.149. The number of likely N-dealkylation sites (N-methyl/N-ethyl adjacent to an activating group) is 4. The summed E-state index contributed by atoms with van der Waals surface area (Å²) in [4.78, 5) is 151. The molecular weight excluding hydrogens is 1690 g/mol. The number of carbonyl (C=O) groups excluding carboxylic acids is 10. The van der Waals surface area contributed by atoms with Crippen molar-refractivity contribution in [2.75, 3.05) is 83.8 Å². The summed E-state index contributed by atoms with van der Waals surface area (Å²) in [5.41, 5.74) is 14.8. The van der Waals surface area contributed by atoms with Crippen molar-refractivity contribution in [2.45, 2.75) is 270 Å².